The Bertz CT molecular complexity index is 907. The summed E-state index contributed by atoms with van der Waals surface area (Å²) in [5.74, 6) is -0.402. The van der Waals surface area contributed by atoms with E-state index in [1.54, 1.807) is 19.1 Å². The van der Waals surface area contributed by atoms with Crippen molar-refractivity contribution < 1.29 is 4.39 Å². The van der Waals surface area contributed by atoms with Crippen molar-refractivity contribution in [2.45, 2.75) is 13.3 Å². The topological polar surface area (TPSA) is 54.0 Å². The van der Waals surface area contributed by atoms with E-state index in [2.05, 4.69) is 10.1 Å². The van der Waals surface area contributed by atoms with Crippen LogP contribution in [0.1, 0.15) is 22.4 Å². The second-order valence-corrected chi connectivity index (χ2v) is 5.51. The van der Waals surface area contributed by atoms with Gasteiger partial charge in [-0.3, -0.25) is 0 Å². The molecule has 22 heavy (non-hydrogen) atoms. The van der Waals surface area contributed by atoms with Gasteiger partial charge in [0.15, 0.2) is 5.65 Å². The molecule has 1 aromatic carbocycles. The summed E-state index contributed by atoms with van der Waals surface area (Å²) >= 11 is 12.4. The molecule has 0 amide bonds. The number of fused-ring (bicyclic) bond motifs is 1. The van der Waals surface area contributed by atoms with Crippen LogP contribution < -0.4 is 0 Å². The van der Waals surface area contributed by atoms with Crippen LogP contribution in [0.15, 0.2) is 24.4 Å². The zero-order valence-electron chi connectivity index (χ0n) is 11.4. The zero-order chi connectivity index (χ0) is 15.9. The Balaban J connectivity index is 2.18. The largest absolute Gasteiger partial charge is 0.232 e. The maximum absolute atomic E-state index is 14.0. The lowest BCUT2D eigenvalue weighted by molar-refractivity contribution is 0.613. The van der Waals surface area contributed by atoms with Crippen LogP contribution in [0.2, 0.25) is 10.2 Å². The Labute approximate surface area is 135 Å². The number of hydrogen-bond acceptors (Lipinski definition) is 3. The molecule has 0 saturated carbocycles. The highest BCUT2D eigenvalue weighted by Gasteiger charge is 2.17. The minimum absolute atomic E-state index is 0.195. The molecule has 0 aliphatic heterocycles. The lowest BCUT2D eigenvalue weighted by Crippen LogP contribution is -2.05. The third-order valence-corrected chi connectivity index (χ3v) is 4.17. The minimum atomic E-state index is -0.402. The predicted octanol–water partition coefficient (Wildman–Crippen LogP) is 3.95. The van der Waals surface area contributed by atoms with Gasteiger partial charge in [0.1, 0.15) is 22.6 Å². The molecular weight excluding hydrogens is 326 g/mol. The molecule has 2 aromatic heterocycles. The van der Waals surface area contributed by atoms with Crippen LogP contribution in [0.25, 0.3) is 5.65 Å². The van der Waals surface area contributed by atoms with E-state index < -0.39 is 5.82 Å². The van der Waals surface area contributed by atoms with Crippen LogP contribution in [0.5, 0.6) is 0 Å². The van der Waals surface area contributed by atoms with Crippen LogP contribution >= 0.6 is 23.2 Å². The van der Waals surface area contributed by atoms with Crippen molar-refractivity contribution in [3.8, 4) is 6.07 Å². The molecule has 0 fully saturated rings. The predicted molar refractivity (Wildman–Crippen MR) is 81.7 cm³/mol. The van der Waals surface area contributed by atoms with Crippen LogP contribution in [0.4, 0.5) is 4.39 Å². The standard InChI is InChI=1S/C15H9Cl2FN4/c1-8-10(5-11-12(16)3-2-4-13(11)18)14(17)22-15(21-8)9(6-19)7-20-22/h2-4,7H,5H2,1H3. The first-order valence-electron chi connectivity index (χ1n) is 6.38. The summed E-state index contributed by atoms with van der Waals surface area (Å²) in [7, 11) is 0. The molecule has 4 nitrogen and oxygen atoms in total. The smallest absolute Gasteiger partial charge is 0.174 e. The molecule has 0 aliphatic rings. The molecule has 0 atom stereocenters. The quantitative estimate of drug-likeness (QED) is 0.667. The van der Waals surface area contributed by atoms with E-state index >= 15 is 0 Å². The van der Waals surface area contributed by atoms with Crippen molar-refractivity contribution in [2.24, 2.45) is 0 Å². The van der Waals surface area contributed by atoms with Crippen LogP contribution in [0.3, 0.4) is 0 Å². The maximum Gasteiger partial charge on any atom is 0.174 e. The fraction of sp³-hybridized carbons (Fsp3) is 0.133. The number of nitriles is 1. The van der Waals surface area contributed by atoms with Crippen molar-refractivity contribution in [1.29, 1.82) is 5.26 Å². The van der Waals surface area contributed by atoms with Gasteiger partial charge in [0.2, 0.25) is 0 Å². The molecular formula is C15H9Cl2FN4. The highest BCUT2D eigenvalue weighted by molar-refractivity contribution is 6.32. The van der Waals surface area contributed by atoms with Crippen molar-refractivity contribution in [3.63, 3.8) is 0 Å². The summed E-state index contributed by atoms with van der Waals surface area (Å²) in [6, 6.07) is 6.52. The number of benzene rings is 1. The van der Waals surface area contributed by atoms with Gasteiger partial charge in [0.05, 0.1) is 6.20 Å². The van der Waals surface area contributed by atoms with Crippen LogP contribution in [0, 0.1) is 24.1 Å². The van der Waals surface area contributed by atoms with E-state index in [0.717, 1.165) is 0 Å². The van der Waals surface area contributed by atoms with E-state index in [-0.39, 0.29) is 6.42 Å². The Kier molecular flexibility index (Phi) is 3.73. The molecule has 0 aliphatic carbocycles. The van der Waals surface area contributed by atoms with E-state index in [0.29, 0.717) is 38.2 Å². The third kappa shape index (κ3) is 2.31. The first-order chi connectivity index (χ1) is 10.5. The number of rotatable bonds is 2. The zero-order valence-corrected chi connectivity index (χ0v) is 13.0. The van der Waals surface area contributed by atoms with Crippen molar-refractivity contribution >= 4 is 28.8 Å². The van der Waals surface area contributed by atoms with E-state index in [4.69, 9.17) is 28.5 Å². The number of hydrogen-bond donors (Lipinski definition) is 0. The highest BCUT2D eigenvalue weighted by atomic mass is 35.5. The summed E-state index contributed by atoms with van der Waals surface area (Å²) in [5, 5.41) is 13.7. The Morgan fingerprint density at radius 2 is 2.09 bits per heavy atom. The van der Waals surface area contributed by atoms with Crippen molar-refractivity contribution in [1.82, 2.24) is 14.6 Å². The normalized spacial score (nSPS) is 10.9. The summed E-state index contributed by atoms with van der Waals surface area (Å²) in [4.78, 5) is 4.35. The number of halogens is 3. The van der Waals surface area contributed by atoms with E-state index in [1.807, 2.05) is 6.07 Å². The van der Waals surface area contributed by atoms with E-state index in [9.17, 15) is 4.39 Å². The van der Waals surface area contributed by atoms with Gasteiger partial charge in [-0.2, -0.15) is 10.4 Å². The third-order valence-electron chi connectivity index (χ3n) is 3.42. The Morgan fingerprint density at radius 1 is 1.32 bits per heavy atom. The molecule has 3 aromatic rings. The first-order valence-corrected chi connectivity index (χ1v) is 7.14. The SMILES string of the molecule is Cc1nc2c(C#N)cnn2c(Cl)c1Cc1c(F)cccc1Cl. The van der Waals surface area contributed by atoms with Gasteiger partial charge in [-0.1, -0.05) is 29.3 Å². The molecule has 0 spiro atoms. The Hall–Kier alpha value is -2.16. The molecule has 0 unspecified atom stereocenters. The highest BCUT2D eigenvalue weighted by Crippen LogP contribution is 2.28. The number of aromatic nitrogens is 3. The summed E-state index contributed by atoms with van der Waals surface area (Å²) in [5.41, 5.74) is 2.29. The van der Waals surface area contributed by atoms with Gasteiger partial charge >= 0.3 is 0 Å². The molecule has 0 N–H and O–H groups in total. The van der Waals surface area contributed by atoms with Gasteiger partial charge in [0.25, 0.3) is 0 Å². The summed E-state index contributed by atoms with van der Waals surface area (Å²) in [6.45, 7) is 1.75. The van der Waals surface area contributed by atoms with Crippen LogP contribution in [-0.4, -0.2) is 14.6 Å². The summed E-state index contributed by atoms with van der Waals surface area (Å²) < 4.78 is 15.3. The van der Waals surface area contributed by atoms with Crippen LogP contribution in [-0.2, 0) is 6.42 Å². The lowest BCUT2D eigenvalue weighted by atomic mass is 10.0. The minimum Gasteiger partial charge on any atom is -0.232 e. The lowest BCUT2D eigenvalue weighted by Gasteiger charge is -2.11. The monoisotopic (exact) mass is 334 g/mol. The second kappa shape index (κ2) is 5.56. The van der Waals surface area contributed by atoms with Gasteiger partial charge in [-0.25, -0.2) is 13.9 Å². The van der Waals surface area contributed by atoms with Crippen molar-refractivity contribution in [3.05, 3.63) is 62.8 Å². The molecule has 0 saturated heterocycles. The molecule has 2 heterocycles. The van der Waals surface area contributed by atoms with Gasteiger partial charge < -0.3 is 0 Å². The average Bonchev–Trinajstić information content (AvgIpc) is 2.89. The molecule has 110 valence electrons. The molecule has 0 bridgehead atoms. The number of nitrogens with zero attached hydrogens (tertiary/aromatic N) is 4. The second-order valence-electron chi connectivity index (χ2n) is 4.75. The number of aryl methyl sites for hydroxylation is 1. The Morgan fingerprint density at radius 3 is 2.77 bits per heavy atom. The fourth-order valence-corrected chi connectivity index (χ4v) is 2.81. The average molecular weight is 335 g/mol. The fourth-order valence-electron chi connectivity index (χ4n) is 2.25. The van der Waals surface area contributed by atoms with Gasteiger partial charge in [-0.05, 0) is 19.1 Å². The summed E-state index contributed by atoms with van der Waals surface area (Å²) in [6.07, 6.45) is 1.59. The molecule has 7 heteroatoms. The molecule has 0 radical (unpaired) electrons. The van der Waals surface area contributed by atoms with E-state index in [1.165, 1.54) is 16.8 Å². The van der Waals surface area contributed by atoms with Crippen molar-refractivity contribution in [2.75, 3.05) is 0 Å². The molecule has 3 rings (SSSR count). The van der Waals surface area contributed by atoms with Gasteiger partial charge in [-0.15, -0.1) is 0 Å². The maximum atomic E-state index is 14.0. The first kappa shape index (κ1) is 14.8. The van der Waals surface area contributed by atoms with Gasteiger partial charge in [0, 0.05) is 28.3 Å².